The number of carbonyl (C=O) groups is 2. The Morgan fingerprint density at radius 3 is 2.14 bits per heavy atom. The maximum Gasteiger partial charge on any atom is 0.231 e. The predicted octanol–water partition coefficient (Wildman–Crippen LogP) is 4.79. The second-order valence-corrected chi connectivity index (χ2v) is 9.47. The average Bonchev–Trinajstić information content (AvgIpc) is 2.83. The molecule has 36 heavy (non-hydrogen) atoms. The Kier molecular flexibility index (Phi) is 7.04. The van der Waals surface area contributed by atoms with Gasteiger partial charge in [0.2, 0.25) is 11.8 Å². The summed E-state index contributed by atoms with van der Waals surface area (Å²) in [6, 6.07) is 18.3. The molecular weight excluding hydrogens is 456 g/mol. The lowest BCUT2D eigenvalue weighted by atomic mass is 9.88. The Morgan fingerprint density at radius 2 is 1.58 bits per heavy atom. The Labute approximate surface area is 211 Å². The highest BCUT2D eigenvalue weighted by molar-refractivity contribution is 5.96. The van der Waals surface area contributed by atoms with Crippen molar-refractivity contribution in [2.45, 2.75) is 52.4 Å². The molecule has 0 aliphatic carbocycles. The number of rotatable bonds is 7. The molecule has 1 aliphatic heterocycles. The van der Waals surface area contributed by atoms with Crippen LogP contribution in [0.2, 0.25) is 0 Å². The van der Waals surface area contributed by atoms with Crippen LogP contribution in [0.15, 0.2) is 60.7 Å². The van der Waals surface area contributed by atoms with E-state index in [1.165, 1.54) is 6.92 Å². The summed E-state index contributed by atoms with van der Waals surface area (Å²) in [5.41, 5.74) is 3.52. The third-order valence-electron chi connectivity index (χ3n) is 6.33. The summed E-state index contributed by atoms with van der Waals surface area (Å²) in [5, 5.41) is 14.0. The number of hydrogen-bond donors (Lipinski definition) is 2. The van der Waals surface area contributed by atoms with Crippen molar-refractivity contribution < 1.29 is 24.2 Å². The van der Waals surface area contributed by atoms with Crippen molar-refractivity contribution in [1.82, 2.24) is 0 Å². The van der Waals surface area contributed by atoms with Gasteiger partial charge in [-0.2, -0.15) is 0 Å². The summed E-state index contributed by atoms with van der Waals surface area (Å²) in [6.45, 7) is 7.52. The van der Waals surface area contributed by atoms with Gasteiger partial charge in [0.25, 0.3) is 0 Å². The minimum Gasteiger partial charge on any atom is -0.493 e. The van der Waals surface area contributed by atoms with Crippen molar-refractivity contribution in [3.8, 4) is 11.5 Å². The molecule has 7 nitrogen and oxygen atoms in total. The van der Waals surface area contributed by atoms with Crippen LogP contribution < -0.4 is 19.7 Å². The average molecular weight is 489 g/mol. The lowest BCUT2D eigenvalue weighted by Gasteiger charge is -2.31. The fourth-order valence-corrected chi connectivity index (χ4v) is 4.43. The van der Waals surface area contributed by atoms with Crippen LogP contribution in [0.5, 0.6) is 11.5 Å². The second-order valence-electron chi connectivity index (χ2n) is 9.47. The van der Waals surface area contributed by atoms with Crippen LogP contribution in [0.4, 0.5) is 11.4 Å². The lowest BCUT2D eigenvalue weighted by Crippen LogP contribution is -2.36. The first-order valence-electron chi connectivity index (χ1n) is 12.0. The molecule has 2 amide bonds. The number of anilines is 2. The molecule has 0 fully saturated rings. The van der Waals surface area contributed by atoms with E-state index >= 15 is 0 Å². The molecule has 0 aromatic heterocycles. The molecule has 4 rings (SSSR count). The molecule has 0 saturated heterocycles. The molecule has 0 spiro atoms. The number of aliphatic hydroxyl groups is 1. The highest BCUT2D eigenvalue weighted by Gasteiger charge is 2.29. The van der Waals surface area contributed by atoms with Crippen molar-refractivity contribution in [3.05, 3.63) is 82.9 Å². The fraction of sp³-hybridized carbons (Fsp3) is 0.310. The minimum atomic E-state index is -1.24. The zero-order valence-corrected chi connectivity index (χ0v) is 21.3. The molecule has 1 atom stereocenters. The maximum atomic E-state index is 13.0. The first kappa shape index (κ1) is 25.3. The van der Waals surface area contributed by atoms with Crippen molar-refractivity contribution >= 4 is 23.2 Å². The lowest BCUT2D eigenvalue weighted by molar-refractivity contribution is -0.118. The van der Waals surface area contributed by atoms with Crippen molar-refractivity contribution in [2.24, 2.45) is 0 Å². The van der Waals surface area contributed by atoms with E-state index in [1.54, 1.807) is 43.2 Å². The Balaban J connectivity index is 1.56. The zero-order valence-electron chi connectivity index (χ0n) is 21.3. The molecule has 0 saturated carbocycles. The second kappa shape index (κ2) is 10.0. The number of fused-ring (bicyclic) bond motifs is 1. The fourth-order valence-electron chi connectivity index (χ4n) is 4.43. The molecule has 3 aromatic carbocycles. The van der Waals surface area contributed by atoms with E-state index in [1.807, 2.05) is 50.2 Å². The van der Waals surface area contributed by atoms with E-state index < -0.39 is 5.60 Å². The number of ether oxygens (including phenoxy) is 2. The summed E-state index contributed by atoms with van der Waals surface area (Å²) in [7, 11) is 1.60. The van der Waals surface area contributed by atoms with Gasteiger partial charge in [0.15, 0.2) is 11.5 Å². The molecule has 0 unspecified atom stereocenters. The van der Waals surface area contributed by atoms with Crippen LogP contribution in [0.3, 0.4) is 0 Å². The number of nitrogens with zero attached hydrogens (tertiary/aromatic N) is 1. The third-order valence-corrected chi connectivity index (χ3v) is 6.33. The first-order chi connectivity index (χ1) is 17.1. The monoisotopic (exact) mass is 488 g/mol. The Bertz CT molecular complexity index is 1260. The number of amides is 2. The molecule has 0 bridgehead atoms. The molecule has 1 heterocycles. The molecule has 1 aliphatic rings. The van der Waals surface area contributed by atoms with Crippen LogP contribution in [-0.2, 0) is 28.2 Å². The van der Waals surface area contributed by atoms with Crippen LogP contribution in [0.25, 0.3) is 0 Å². The SMILES string of the molecule is COc1cc2c(cc1OC(C)C)CN(c1ccc([C@@](C)(O)c3ccc(NC(C)=O)cc3)cc1)C(=O)C2. The molecule has 2 N–H and O–H groups in total. The van der Waals surface area contributed by atoms with Gasteiger partial charge >= 0.3 is 0 Å². The van der Waals surface area contributed by atoms with E-state index in [-0.39, 0.29) is 24.3 Å². The smallest absolute Gasteiger partial charge is 0.231 e. The largest absolute Gasteiger partial charge is 0.493 e. The van der Waals surface area contributed by atoms with Crippen LogP contribution in [0.1, 0.15) is 49.9 Å². The highest BCUT2D eigenvalue weighted by atomic mass is 16.5. The maximum absolute atomic E-state index is 13.0. The quantitative estimate of drug-likeness (QED) is 0.500. The summed E-state index contributed by atoms with van der Waals surface area (Å²) >= 11 is 0. The third kappa shape index (κ3) is 5.21. The number of carbonyl (C=O) groups excluding carboxylic acids is 2. The van der Waals surface area contributed by atoms with Gasteiger partial charge in [-0.25, -0.2) is 0 Å². The van der Waals surface area contributed by atoms with E-state index in [0.717, 1.165) is 16.8 Å². The van der Waals surface area contributed by atoms with Gasteiger partial charge < -0.3 is 24.8 Å². The summed E-state index contributed by atoms with van der Waals surface area (Å²) in [5.74, 6) is 1.13. The Morgan fingerprint density at radius 1 is 1.00 bits per heavy atom. The summed E-state index contributed by atoms with van der Waals surface area (Å²) in [4.78, 5) is 26.0. The Hall–Kier alpha value is -3.84. The number of benzene rings is 3. The van der Waals surface area contributed by atoms with E-state index in [4.69, 9.17) is 9.47 Å². The topological polar surface area (TPSA) is 88.1 Å². The normalized spacial score (nSPS) is 14.8. The summed E-state index contributed by atoms with van der Waals surface area (Å²) < 4.78 is 11.4. The van der Waals surface area contributed by atoms with Gasteiger partial charge in [0.1, 0.15) is 5.60 Å². The van der Waals surface area contributed by atoms with Gasteiger partial charge in [0, 0.05) is 18.3 Å². The zero-order chi connectivity index (χ0) is 26.0. The van der Waals surface area contributed by atoms with E-state index in [2.05, 4.69) is 5.32 Å². The first-order valence-corrected chi connectivity index (χ1v) is 12.0. The van der Waals surface area contributed by atoms with Gasteiger partial charge in [0.05, 0.1) is 26.2 Å². The van der Waals surface area contributed by atoms with Crippen molar-refractivity contribution in [1.29, 1.82) is 0 Å². The molecule has 7 heteroatoms. The van der Waals surface area contributed by atoms with E-state index in [0.29, 0.717) is 34.9 Å². The summed E-state index contributed by atoms with van der Waals surface area (Å²) in [6.07, 6.45) is 0.272. The molecular formula is C29H32N2O5. The van der Waals surface area contributed by atoms with Gasteiger partial charge in [-0.05, 0) is 79.4 Å². The highest BCUT2D eigenvalue weighted by Crippen LogP contribution is 2.36. The standard InChI is InChI=1S/C29H32N2O5/c1-18(2)36-27-15-21-17-31(28(33)16-20(21)14-26(27)35-5)25-12-8-23(9-13-25)29(4,34)22-6-10-24(11-7-22)30-19(3)32/h6-15,18,34H,16-17H2,1-5H3,(H,30,32)/t29-/m0/s1. The van der Waals surface area contributed by atoms with Gasteiger partial charge in [-0.3, -0.25) is 9.59 Å². The number of hydrogen-bond acceptors (Lipinski definition) is 5. The van der Waals surface area contributed by atoms with E-state index in [9.17, 15) is 14.7 Å². The molecule has 0 radical (unpaired) electrons. The minimum absolute atomic E-state index is 0.000199. The van der Waals surface area contributed by atoms with Crippen LogP contribution in [-0.4, -0.2) is 30.1 Å². The molecule has 3 aromatic rings. The van der Waals surface area contributed by atoms with Crippen molar-refractivity contribution in [2.75, 3.05) is 17.3 Å². The molecule has 188 valence electrons. The van der Waals surface area contributed by atoms with Crippen LogP contribution in [0, 0.1) is 0 Å². The predicted molar refractivity (Wildman–Crippen MR) is 140 cm³/mol. The number of methoxy groups -OCH3 is 1. The number of nitrogens with one attached hydrogen (secondary N) is 1. The van der Waals surface area contributed by atoms with Gasteiger partial charge in [-0.15, -0.1) is 0 Å². The van der Waals surface area contributed by atoms with Gasteiger partial charge in [-0.1, -0.05) is 24.3 Å². The van der Waals surface area contributed by atoms with Crippen molar-refractivity contribution in [3.63, 3.8) is 0 Å². The van der Waals surface area contributed by atoms with Crippen LogP contribution >= 0.6 is 0 Å².